The molecule has 2 N–H and O–H groups in total. The van der Waals surface area contributed by atoms with Crippen LogP contribution in [0.2, 0.25) is 0 Å². The molecule has 0 saturated heterocycles. The molecular weight excluding hydrogens is 176 g/mol. The Morgan fingerprint density at radius 2 is 1.86 bits per heavy atom. The quantitative estimate of drug-likeness (QED) is 0.719. The number of aliphatic hydroxyl groups is 2. The summed E-state index contributed by atoms with van der Waals surface area (Å²) >= 11 is 0. The van der Waals surface area contributed by atoms with Gasteiger partial charge in [0.25, 0.3) is 0 Å². The Kier molecular flexibility index (Phi) is 3.09. The maximum Gasteiger partial charge on any atom is 0.112 e. The van der Waals surface area contributed by atoms with Gasteiger partial charge < -0.3 is 10.2 Å². The number of benzene rings is 1. The lowest BCUT2D eigenvalue weighted by Gasteiger charge is -2.29. The first-order valence-corrected chi connectivity index (χ1v) is 4.57. The third kappa shape index (κ3) is 2.03. The smallest absolute Gasteiger partial charge is 0.112 e. The van der Waals surface area contributed by atoms with E-state index in [9.17, 15) is 10.2 Å². The Morgan fingerprint density at radius 3 is 2.29 bits per heavy atom. The van der Waals surface area contributed by atoms with Gasteiger partial charge in [0.05, 0.1) is 0 Å². The van der Waals surface area contributed by atoms with Gasteiger partial charge in [-0.1, -0.05) is 36.9 Å². The summed E-state index contributed by atoms with van der Waals surface area (Å²) in [4.78, 5) is 0. The van der Waals surface area contributed by atoms with E-state index in [4.69, 9.17) is 0 Å². The molecule has 2 unspecified atom stereocenters. The van der Waals surface area contributed by atoms with Crippen molar-refractivity contribution in [3.63, 3.8) is 0 Å². The summed E-state index contributed by atoms with van der Waals surface area (Å²) in [7, 11) is 0. The number of hydrogen-bond acceptors (Lipinski definition) is 2. The highest BCUT2D eigenvalue weighted by Crippen LogP contribution is 2.30. The summed E-state index contributed by atoms with van der Waals surface area (Å²) in [6.07, 6.45) is -0.929. The standard InChI is InChI=1S/C12H16O2/c1-9(2)12(3,14)11(13)10-7-5-4-6-8-10/h4-8,11,13-14H,1H2,2-3H3. The first-order valence-electron chi connectivity index (χ1n) is 4.57. The van der Waals surface area contributed by atoms with Crippen LogP contribution in [-0.2, 0) is 0 Å². The molecule has 76 valence electrons. The zero-order valence-corrected chi connectivity index (χ0v) is 8.57. The van der Waals surface area contributed by atoms with Crippen LogP contribution >= 0.6 is 0 Å². The van der Waals surface area contributed by atoms with Gasteiger partial charge >= 0.3 is 0 Å². The molecular formula is C12H16O2. The van der Waals surface area contributed by atoms with Crippen molar-refractivity contribution in [1.82, 2.24) is 0 Å². The van der Waals surface area contributed by atoms with Crippen molar-refractivity contribution in [1.29, 1.82) is 0 Å². The van der Waals surface area contributed by atoms with Crippen molar-refractivity contribution < 1.29 is 10.2 Å². The van der Waals surface area contributed by atoms with Gasteiger partial charge in [-0.2, -0.15) is 0 Å². The zero-order valence-electron chi connectivity index (χ0n) is 8.57. The minimum Gasteiger partial charge on any atom is -0.385 e. The van der Waals surface area contributed by atoms with Crippen LogP contribution in [0.25, 0.3) is 0 Å². The Morgan fingerprint density at radius 1 is 1.36 bits per heavy atom. The second-order valence-corrected chi connectivity index (χ2v) is 3.74. The lowest BCUT2D eigenvalue weighted by molar-refractivity contribution is -0.0358. The van der Waals surface area contributed by atoms with Crippen LogP contribution in [0, 0.1) is 0 Å². The van der Waals surface area contributed by atoms with E-state index in [0.29, 0.717) is 11.1 Å². The van der Waals surface area contributed by atoms with E-state index in [-0.39, 0.29) is 0 Å². The van der Waals surface area contributed by atoms with Crippen molar-refractivity contribution >= 4 is 0 Å². The van der Waals surface area contributed by atoms with Crippen molar-refractivity contribution in [3.05, 3.63) is 48.0 Å². The molecule has 0 radical (unpaired) electrons. The van der Waals surface area contributed by atoms with E-state index in [2.05, 4.69) is 6.58 Å². The molecule has 1 aromatic carbocycles. The molecule has 14 heavy (non-hydrogen) atoms. The molecule has 0 aliphatic carbocycles. The molecule has 0 amide bonds. The molecule has 2 nitrogen and oxygen atoms in total. The number of aliphatic hydroxyl groups excluding tert-OH is 1. The van der Waals surface area contributed by atoms with E-state index in [0.717, 1.165) is 0 Å². The molecule has 0 fully saturated rings. The van der Waals surface area contributed by atoms with Crippen LogP contribution in [0.15, 0.2) is 42.5 Å². The van der Waals surface area contributed by atoms with Crippen LogP contribution < -0.4 is 0 Å². The summed E-state index contributed by atoms with van der Waals surface area (Å²) in [5, 5.41) is 19.9. The summed E-state index contributed by atoms with van der Waals surface area (Å²) in [6.45, 7) is 6.93. The third-order valence-electron chi connectivity index (χ3n) is 2.51. The lowest BCUT2D eigenvalue weighted by Crippen LogP contribution is -2.33. The van der Waals surface area contributed by atoms with Gasteiger partial charge in [-0.3, -0.25) is 0 Å². The van der Waals surface area contributed by atoms with Gasteiger partial charge in [-0.15, -0.1) is 0 Å². The van der Waals surface area contributed by atoms with E-state index in [1.54, 1.807) is 26.0 Å². The van der Waals surface area contributed by atoms with Crippen LogP contribution in [0.1, 0.15) is 25.5 Å². The molecule has 2 heteroatoms. The maximum absolute atomic E-state index is 9.96. The summed E-state index contributed by atoms with van der Waals surface area (Å²) in [5.74, 6) is 0. The van der Waals surface area contributed by atoms with E-state index in [1.165, 1.54) is 0 Å². The van der Waals surface area contributed by atoms with Crippen LogP contribution in [0.4, 0.5) is 0 Å². The summed E-state index contributed by atoms with van der Waals surface area (Å²) in [5.41, 5.74) is -0.0317. The average molecular weight is 192 g/mol. The molecule has 0 spiro atoms. The molecule has 1 aromatic rings. The number of hydrogen-bond donors (Lipinski definition) is 2. The minimum absolute atomic E-state index is 0.550. The van der Waals surface area contributed by atoms with Crippen LogP contribution in [-0.4, -0.2) is 15.8 Å². The van der Waals surface area contributed by atoms with Gasteiger partial charge in [0.15, 0.2) is 0 Å². The highest BCUT2D eigenvalue weighted by atomic mass is 16.3. The third-order valence-corrected chi connectivity index (χ3v) is 2.51. The Bertz CT molecular complexity index is 314. The first-order chi connectivity index (χ1) is 6.46. The van der Waals surface area contributed by atoms with Gasteiger partial charge in [-0.25, -0.2) is 0 Å². The Labute approximate surface area is 84.5 Å². The normalized spacial score (nSPS) is 17.1. The molecule has 0 aliphatic rings. The number of rotatable bonds is 3. The molecule has 0 bridgehead atoms. The highest BCUT2D eigenvalue weighted by molar-refractivity contribution is 5.24. The molecule has 2 atom stereocenters. The van der Waals surface area contributed by atoms with E-state index < -0.39 is 11.7 Å². The monoisotopic (exact) mass is 192 g/mol. The van der Waals surface area contributed by atoms with Crippen molar-refractivity contribution in [2.75, 3.05) is 0 Å². The van der Waals surface area contributed by atoms with E-state index in [1.807, 2.05) is 18.2 Å². The topological polar surface area (TPSA) is 40.5 Å². The second-order valence-electron chi connectivity index (χ2n) is 3.74. The van der Waals surface area contributed by atoms with Gasteiger partial charge in [0, 0.05) is 0 Å². The van der Waals surface area contributed by atoms with Crippen molar-refractivity contribution in [2.24, 2.45) is 0 Å². The van der Waals surface area contributed by atoms with Crippen LogP contribution in [0.3, 0.4) is 0 Å². The van der Waals surface area contributed by atoms with Crippen molar-refractivity contribution in [3.8, 4) is 0 Å². The van der Waals surface area contributed by atoms with E-state index >= 15 is 0 Å². The zero-order chi connectivity index (χ0) is 10.8. The molecule has 0 heterocycles. The molecule has 0 aromatic heterocycles. The minimum atomic E-state index is -1.28. The lowest BCUT2D eigenvalue weighted by atomic mass is 9.87. The fourth-order valence-corrected chi connectivity index (χ4v) is 1.19. The Hall–Kier alpha value is -1.12. The molecule has 1 rings (SSSR count). The predicted molar refractivity (Wildman–Crippen MR) is 56.8 cm³/mol. The van der Waals surface area contributed by atoms with Gasteiger partial charge in [0.1, 0.15) is 11.7 Å². The van der Waals surface area contributed by atoms with Gasteiger partial charge in [-0.05, 0) is 25.0 Å². The fourth-order valence-electron chi connectivity index (χ4n) is 1.19. The molecule has 0 saturated carbocycles. The Balaban J connectivity index is 2.96. The van der Waals surface area contributed by atoms with Crippen LogP contribution in [0.5, 0.6) is 0 Å². The SMILES string of the molecule is C=C(C)C(C)(O)C(O)c1ccccc1. The fraction of sp³-hybridized carbons (Fsp3) is 0.333. The highest BCUT2D eigenvalue weighted by Gasteiger charge is 2.31. The predicted octanol–water partition coefficient (Wildman–Crippen LogP) is 2.05. The van der Waals surface area contributed by atoms with Crippen molar-refractivity contribution in [2.45, 2.75) is 25.6 Å². The van der Waals surface area contributed by atoms with Gasteiger partial charge in [0.2, 0.25) is 0 Å². The average Bonchev–Trinajstić information content (AvgIpc) is 2.17. The summed E-state index contributed by atoms with van der Waals surface area (Å²) in [6, 6.07) is 9.08. The first kappa shape index (κ1) is 11.0. The second kappa shape index (κ2) is 3.95. The summed E-state index contributed by atoms with van der Waals surface area (Å²) < 4.78 is 0. The maximum atomic E-state index is 9.96. The largest absolute Gasteiger partial charge is 0.385 e. The molecule has 0 aliphatic heterocycles.